The van der Waals surface area contributed by atoms with Gasteiger partial charge in [0.05, 0.1) is 20.0 Å². The minimum absolute atomic E-state index is 0.170. The minimum Gasteiger partial charge on any atom is -0.469 e. The van der Waals surface area contributed by atoms with Gasteiger partial charge in [-0.3, -0.25) is 9.59 Å². The first-order valence-corrected chi connectivity index (χ1v) is 6.50. The zero-order valence-corrected chi connectivity index (χ0v) is 11.0. The molecule has 0 fully saturated rings. The van der Waals surface area contributed by atoms with Crippen LogP contribution in [0.5, 0.6) is 0 Å². The molecule has 0 saturated heterocycles. The van der Waals surface area contributed by atoms with E-state index in [1.165, 1.54) is 14.2 Å². The highest BCUT2D eigenvalue weighted by Crippen LogP contribution is 2.17. The summed E-state index contributed by atoms with van der Waals surface area (Å²) in [7, 11) is 2.78. The van der Waals surface area contributed by atoms with E-state index in [-0.39, 0.29) is 11.9 Å². The first-order chi connectivity index (χ1) is 7.63. The molecule has 0 aliphatic heterocycles. The molecule has 0 spiro atoms. The summed E-state index contributed by atoms with van der Waals surface area (Å²) in [4.78, 5) is 21.8. The Hall–Kier alpha value is -0.710. The molecule has 94 valence electrons. The Labute approximate surface area is 101 Å². The number of ether oxygens (including phenoxy) is 2. The van der Waals surface area contributed by atoms with Crippen LogP contribution in [0.15, 0.2) is 0 Å². The average Bonchev–Trinajstić information content (AvgIpc) is 2.32. The van der Waals surface area contributed by atoms with Gasteiger partial charge in [0.15, 0.2) is 0 Å². The maximum atomic E-state index is 11.0. The van der Waals surface area contributed by atoms with Gasteiger partial charge in [-0.25, -0.2) is 0 Å². The summed E-state index contributed by atoms with van der Waals surface area (Å²) in [6.45, 7) is 2.08. The smallest absolute Gasteiger partial charge is 0.315 e. The van der Waals surface area contributed by atoms with Crippen molar-refractivity contribution in [1.29, 1.82) is 0 Å². The van der Waals surface area contributed by atoms with E-state index in [0.717, 1.165) is 18.6 Å². The van der Waals surface area contributed by atoms with Crippen molar-refractivity contribution in [3.63, 3.8) is 0 Å². The van der Waals surface area contributed by atoms with Crippen molar-refractivity contribution in [2.45, 2.75) is 26.2 Å². The van der Waals surface area contributed by atoms with Crippen molar-refractivity contribution >= 4 is 23.7 Å². The zero-order valence-electron chi connectivity index (χ0n) is 10.2. The predicted octanol–water partition coefficient (Wildman–Crippen LogP) is 1.87. The van der Waals surface area contributed by atoms with Crippen LogP contribution in [0.4, 0.5) is 0 Å². The summed E-state index contributed by atoms with van der Waals surface area (Å²) in [5.41, 5.74) is 0. The predicted molar refractivity (Wildman–Crippen MR) is 64.4 cm³/mol. The number of methoxy groups -OCH3 is 2. The fourth-order valence-corrected chi connectivity index (χ4v) is 2.34. The monoisotopic (exact) mass is 248 g/mol. The summed E-state index contributed by atoms with van der Waals surface area (Å²) in [5, 5.41) is 0. The van der Waals surface area contributed by atoms with Crippen molar-refractivity contribution < 1.29 is 19.1 Å². The van der Waals surface area contributed by atoms with E-state index in [1.54, 1.807) is 11.8 Å². The molecule has 1 atom stereocenters. The van der Waals surface area contributed by atoms with Gasteiger partial charge >= 0.3 is 11.9 Å². The van der Waals surface area contributed by atoms with Crippen molar-refractivity contribution in [1.82, 2.24) is 0 Å². The molecule has 0 heterocycles. The van der Waals surface area contributed by atoms with Gasteiger partial charge in [0.25, 0.3) is 0 Å². The van der Waals surface area contributed by atoms with Crippen LogP contribution >= 0.6 is 11.8 Å². The largest absolute Gasteiger partial charge is 0.469 e. The minimum atomic E-state index is -0.201. The number of hydrogen-bond donors (Lipinski definition) is 0. The van der Waals surface area contributed by atoms with E-state index in [1.807, 2.05) is 0 Å². The second kappa shape index (κ2) is 9.51. The number of thioether (sulfide) groups is 1. The van der Waals surface area contributed by atoms with Crippen LogP contribution in [-0.4, -0.2) is 37.7 Å². The van der Waals surface area contributed by atoms with E-state index in [4.69, 9.17) is 0 Å². The third-order valence-corrected chi connectivity index (χ3v) is 3.51. The Balaban J connectivity index is 3.66. The first-order valence-electron chi connectivity index (χ1n) is 5.35. The van der Waals surface area contributed by atoms with Gasteiger partial charge in [0.1, 0.15) is 0 Å². The summed E-state index contributed by atoms with van der Waals surface area (Å²) < 4.78 is 9.13. The molecule has 0 aromatic rings. The summed E-state index contributed by atoms with van der Waals surface area (Å²) in [6, 6.07) is 0. The maximum absolute atomic E-state index is 11.0. The Morgan fingerprint density at radius 3 is 2.31 bits per heavy atom. The molecular formula is C11H20O4S. The molecule has 1 unspecified atom stereocenters. The van der Waals surface area contributed by atoms with E-state index in [9.17, 15) is 9.59 Å². The van der Waals surface area contributed by atoms with Gasteiger partial charge in [-0.1, -0.05) is 13.3 Å². The van der Waals surface area contributed by atoms with Crippen molar-refractivity contribution in [2.75, 3.05) is 25.7 Å². The number of hydrogen-bond acceptors (Lipinski definition) is 5. The standard InChI is InChI=1S/C11H20O4S/c1-4-9(5-6-10(12)14-2)7-16-8-11(13)15-3/h9H,4-8H2,1-3H3. The lowest BCUT2D eigenvalue weighted by molar-refractivity contribution is -0.141. The lowest BCUT2D eigenvalue weighted by atomic mass is 10.0. The van der Waals surface area contributed by atoms with E-state index in [2.05, 4.69) is 16.4 Å². The normalized spacial score (nSPS) is 11.9. The highest BCUT2D eigenvalue weighted by atomic mass is 32.2. The molecule has 0 aromatic carbocycles. The van der Waals surface area contributed by atoms with Gasteiger partial charge in [0, 0.05) is 6.42 Å². The molecule has 16 heavy (non-hydrogen) atoms. The van der Waals surface area contributed by atoms with E-state index in [0.29, 0.717) is 18.1 Å². The van der Waals surface area contributed by atoms with Crippen LogP contribution in [0, 0.1) is 5.92 Å². The highest BCUT2D eigenvalue weighted by Gasteiger charge is 2.11. The Kier molecular flexibility index (Phi) is 9.09. The Morgan fingerprint density at radius 2 is 1.81 bits per heavy atom. The molecular weight excluding hydrogens is 228 g/mol. The van der Waals surface area contributed by atoms with Crippen molar-refractivity contribution in [3.05, 3.63) is 0 Å². The van der Waals surface area contributed by atoms with Crippen LogP contribution in [-0.2, 0) is 19.1 Å². The molecule has 0 aromatic heterocycles. The number of esters is 2. The second-order valence-corrected chi connectivity index (χ2v) is 4.51. The topological polar surface area (TPSA) is 52.6 Å². The van der Waals surface area contributed by atoms with Crippen LogP contribution in [0.25, 0.3) is 0 Å². The lowest BCUT2D eigenvalue weighted by Crippen LogP contribution is -2.10. The molecule has 0 amide bonds. The molecule has 4 nitrogen and oxygen atoms in total. The van der Waals surface area contributed by atoms with E-state index < -0.39 is 0 Å². The quantitative estimate of drug-likeness (QED) is 0.614. The second-order valence-electron chi connectivity index (χ2n) is 3.48. The zero-order chi connectivity index (χ0) is 12.4. The molecule has 5 heteroatoms. The summed E-state index contributed by atoms with van der Waals surface area (Å²) >= 11 is 1.55. The molecule has 0 saturated carbocycles. The van der Waals surface area contributed by atoms with Crippen LogP contribution in [0.1, 0.15) is 26.2 Å². The SMILES string of the molecule is CCC(CCC(=O)OC)CSCC(=O)OC. The molecule has 0 aliphatic carbocycles. The Bertz CT molecular complexity index is 218. The van der Waals surface area contributed by atoms with Crippen molar-refractivity contribution in [2.24, 2.45) is 5.92 Å². The molecule has 0 radical (unpaired) electrons. The Morgan fingerprint density at radius 1 is 1.19 bits per heavy atom. The lowest BCUT2D eigenvalue weighted by Gasteiger charge is -2.12. The van der Waals surface area contributed by atoms with Gasteiger partial charge < -0.3 is 9.47 Å². The highest BCUT2D eigenvalue weighted by molar-refractivity contribution is 7.99. The first kappa shape index (κ1) is 15.3. The van der Waals surface area contributed by atoms with Gasteiger partial charge in [0.2, 0.25) is 0 Å². The molecule has 0 N–H and O–H groups in total. The summed E-state index contributed by atoms with van der Waals surface area (Å²) in [6.07, 6.45) is 2.27. The van der Waals surface area contributed by atoms with Crippen LogP contribution in [0.3, 0.4) is 0 Å². The number of rotatable bonds is 8. The van der Waals surface area contributed by atoms with E-state index >= 15 is 0 Å². The number of carbonyl (C=O) groups excluding carboxylic acids is 2. The van der Waals surface area contributed by atoms with Crippen molar-refractivity contribution in [3.8, 4) is 0 Å². The molecule has 0 aliphatic rings. The van der Waals surface area contributed by atoms with Gasteiger partial charge in [-0.2, -0.15) is 0 Å². The molecule has 0 bridgehead atoms. The van der Waals surface area contributed by atoms with Gasteiger partial charge in [-0.15, -0.1) is 11.8 Å². The van der Waals surface area contributed by atoms with Gasteiger partial charge in [-0.05, 0) is 18.1 Å². The fourth-order valence-electron chi connectivity index (χ4n) is 1.20. The van der Waals surface area contributed by atoms with Crippen LogP contribution in [0.2, 0.25) is 0 Å². The maximum Gasteiger partial charge on any atom is 0.315 e. The fraction of sp³-hybridized carbons (Fsp3) is 0.818. The average molecular weight is 248 g/mol. The van der Waals surface area contributed by atoms with Crippen LogP contribution < -0.4 is 0 Å². The molecule has 0 rings (SSSR count). The summed E-state index contributed by atoms with van der Waals surface area (Å²) in [5.74, 6) is 1.34. The third-order valence-electron chi connectivity index (χ3n) is 2.36. The third kappa shape index (κ3) is 7.56. The number of carbonyl (C=O) groups is 2.